The standard InChI is InChI=1S/C13H13N3OS.ClH/c1-11-5-8-18-12(11)9-14-15-13(17)10-16-6-3-2-4-7-16;/h2-9H,10H2,1H3;1H/b14-9-;. The van der Waals surface area contributed by atoms with Crippen molar-refractivity contribution in [3.8, 4) is 0 Å². The van der Waals surface area contributed by atoms with Crippen LogP contribution in [0.4, 0.5) is 0 Å². The van der Waals surface area contributed by atoms with Crippen LogP contribution in [0.25, 0.3) is 0 Å². The molecule has 0 saturated carbocycles. The molecule has 0 unspecified atom stereocenters. The second kappa shape index (κ2) is 7.66. The van der Waals surface area contributed by atoms with E-state index in [4.69, 9.17) is 0 Å². The largest absolute Gasteiger partial charge is 1.00 e. The van der Waals surface area contributed by atoms with Gasteiger partial charge in [0.25, 0.3) is 0 Å². The summed E-state index contributed by atoms with van der Waals surface area (Å²) in [7, 11) is 0. The zero-order valence-corrected chi connectivity index (χ0v) is 12.0. The van der Waals surface area contributed by atoms with Gasteiger partial charge in [-0.05, 0) is 23.9 Å². The van der Waals surface area contributed by atoms with Crippen molar-refractivity contribution < 1.29 is 21.8 Å². The SMILES string of the molecule is Cc1ccsc1/C=N\NC(=O)C[n+]1ccccc1.[Cl-]. The maximum absolute atomic E-state index is 11.6. The third-order valence-electron chi connectivity index (χ3n) is 2.38. The van der Waals surface area contributed by atoms with E-state index < -0.39 is 0 Å². The fraction of sp³-hybridized carbons (Fsp3) is 0.154. The average Bonchev–Trinajstić information content (AvgIpc) is 2.76. The van der Waals surface area contributed by atoms with Gasteiger partial charge in [0.1, 0.15) is 0 Å². The molecule has 6 heteroatoms. The molecule has 100 valence electrons. The molecular formula is C13H14ClN3OS. The molecule has 0 spiro atoms. The van der Waals surface area contributed by atoms with Crippen LogP contribution in [0.2, 0.25) is 0 Å². The Morgan fingerprint density at radius 1 is 1.42 bits per heavy atom. The Balaban J connectivity index is 0.00000180. The van der Waals surface area contributed by atoms with Crippen LogP contribution in [-0.2, 0) is 11.3 Å². The van der Waals surface area contributed by atoms with Gasteiger partial charge in [-0.25, -0.2) is 5.43 Å². The van der Waals surface area contributed by atoms with E-state index in [0.29, 0.717) is 0 Å². The van der Waals surface area contributed by atoms with Crippen LogP contribution in [0.1, 0.15) is 10.4 Å². The summed E-state index contributed by atoms with van der Waals surface area (Å²) in [5.74, 6) is -0.142. The van der Waals surface area contributed by atoms with Crippen molar-refractivity contribution in [2.24, 2.45) is 5.10 Å². The van der Waals surface area contributed by atoms with Crippen molar-refractivity contribution in [2.45, 2.75) is 13.5 Å². The van der Waals surface area contributed by atoms with Gasteiger partial charge in [-0.2, -0.15) is 9.67 Å². The molecule has 0 aliphatic heterocycles. The number of hydrogen-bond donors (Lipinski definition) is 1. The topological polar surface area (TPSA) is 45.3 Å². The molecule has 19 heavy (non-hydrogen) atoms. The maximum atomic E-state index is 11.6. The Kier molecular flexibility index (Phi) is 6.18. The summed E-state index contributed by atoms with van der Waals surface area (Å²) < 4.78 is 1.79. The van der Waals surface area contributed by atoms with Crippen molar-refractivity contribution in [3.63, 3.8) is 0 Å². The van der Waals surface area contributed by atoms with Gasteiger partial charge in [0.05, 0.1) is 6.21 Å². The van der Waals surface area contributed by atoms with Gasteiger partial charge in [0, 0.05) is 17.0 Å². The summed E-state index contributed by atoms with van der Waals surface area (Å²) in [6.07, 6.45) is 5.35. The molecule has 1 amide bonds. The number of nitrogens with one attached hydrogen (secondary N) is 1. The highest BCUT2D eigenvalue weighted by molar-refractivity contribution is 7.11. The van der Waals surface area contributed by atoms with E-state index in [1.54, 1.807) is 22.1 Å². The smallest absolute Gasteiger partial charge is 0.305 e. The fourth-order valence-electron chi connectivity index (χ4n) is 1.42. The molecule has 4 nitrogen and oxygen atoms in total. The van der Waals surface area contributed by atoms with E-state index in [9.17, 15) is 4.79 Å². The number of pyridine rings is 1. The van der Waals surface area contributed by atoms with Crippen LogP contribution in [0.5, 0.6) is 0 Å². The van der Waals surface area contributed by atoms with Gasteiger partial charge in [-0.3, -0.25) is 4.79 Å². The quantitative estimate of drug-likeness (QED) is 0.416. The van der Waals surface area contributed by atoms with Gasteiger partial charge < -0.3 is 12.4 Å². The van der Waals surface area contributed by atoms with Gasteiger partial charge in [0.15, 0.2) is 12.4 Å². The van der Waals surface area contributed by atoms with Crippen molar-refractivity contribution >= 4 is 23.5 Å². The molecule has 0 atom stereocenters. The van der Waals surface area contributed by atoms with E-state index in [1.807, 2.05) is 49.0 Å². The Bertz CT molecular complexity index is 554. The lowest BCUT2D eigenvalue weighted by molar-refractivity contribution is -0.684. The number of hydrazone groups is 1. The van der Waals surface area contributed by atoms with E-state index in [0.717, 1.165) is 10.4 Å². The Morgan fingerprint density at radius 3 is 2.79 bits per heavy atom. The van der Waals surface area contributed by atoms with Crippen LogP contribution < -0.4 is 22.4 Å². The lowest BCUT2D eigenvalue weighted by Gasteiger charge is -1.96. The number of carbonyl (C=O) groups excluding carboxylic acids is 1. The minimum atomic E-state index is -0.142. The molecular weight excluding hydrogens is 282 g/mol. The molecule has 2 aromatic rings. The molecule has 0 aliphatic rings. The van der Waals surface area contributed by atoms with Crippen LogP contribution in [-0.4, -0.2) is 12.1 Å². The van der Waals surface area contributed by atoms with E-state index in [-0.39, 0.29) is 24.9 Å². The normalized spacial score (nSPS) is 10.2. The summed E-state index contributed by atoms with van der Waals surface area (Å²) in [4.78, 5) is 12.6. The van der Waals surface area contributed by atoms with Crippen molar-refractivity contribution in [2.75, 3.05) is 0 Å². The van der Waals surface area contributed by atoms with Gasteiger partial charge >= 0.3 is 5.91 Å². The molecule has 0 aromatic carbocycles. The third-order valence-corrected chi connectivity index (χ3v) is 3.33. The van der Waals surface area contributed by atoms with Crippen LogP contribution >= 0.6 is 11.3 Å². The monoisotopic (exact) mass is 295 g/mol. The predicted molar refractivity (Wildman–Crippen MR) is 71.4 cm³/mol. The van der Waals surface area contributed by atoms with E-state index in [1.165, 1.54) is 0 Å². The highest BCUT2D eigenvalue weighted by Crippen LogP contribution is 2.12. The number of carbonyl (C=O) groups is 1. The molecule has 2 heterocycles. The number of aromatic nitrogens is 1. The molecule has 0 fully saturated rings. The first-order valence-electron chi connectivity index (χ1n) is 5.56. The molecule has 0 bridgehead atoms. The van der Waals surface area contributed by atoms with Crippen molar-refractivity contribution in [3.05, 3.63) is 52.5 Å². The fourth-order valence-corrected chi connectivity index (χ4v) is 2.21. The predicted octanol–water partition coefficient (Wildman–Crippen LogP) is -1.50. The second-order valence-electron chi connectivity index (χ2n) is 3.81. The lowest BCUT2D eigenvalue weighted by Crippen LogP contribution is -3.00. The van der Waals surface area contributed by atoms with Crippen molar-refractivity contribution in [1.29, 1.82) is 0 Å². The second-order valence-corrected chi connectivity index (χ2v) is 4.76. The summed E-state index contributed by atoms with van der Waals surface area (Å²) in [6.45, 7) is 2.28. The number of halogens is 1. The minimum Gasteiger partial charge on any atom is -1.00 e. The molecule has 2 aromatic heterocycles. The molecule has 1 N–H and O–H groups in total. The Morgan fingerprint density at radius 2 is 2.16 bits per heavy atom. The number of amides is 1. The minimum absolute atomic E-state index is 0. The van der Waals surface area contributed by atoms with Gasteiger partial charge in [-0.1, -0.05) is 6.07 Å². The van der Waals surface area contributed by atoms with E-state index >= 15 is 0 Å². The van der Waals surface area contributed by atoms with Crippen molar-refractivity contribution in [1.82, 2.24) is 5.43 Å². The maximum Gasteiger partial charge on any atom is 0.305 e. The number of aryl methyl sites for hydroxylation is 1. The Labute approximate surface area is 122 Å². The first-order chi connectivity index (χ1) is 8.75. The summed E-state index contributed by atoms with van der Waals surface area (Å²) in [5, 5.41) is 5.94. The van der Waals surface area contributed by atoms with Gasteiger partial charge in [-0.15, -0.1) is 11.3 Å². The zero-order chi connectivity index (χ0) is 12.8. The third kappa shape index (κ3) is 4.81. The molecule has 2 rings (SSSR count). The Hall–Kier alpha value is -1.72. The van der Waals surface area contributed by atoms with E-state index in [2.05, 4.69) is 10.5 Å². The number of hydrogen-bond acceptors (Lipinski definition) is 3. The zero-order valence-electron chi connectivity index (χ0n) is 10.4. The summed E-state index contributed by atoms with van der Waals surface area (Å²) in [6, 6.07) is 7.69. The highest BCUT2D eigenvalue weighted by Gasteiger charge is 2.06. The number of thiophene rings is 1. The highest BCUT2D eigenvalue weighted by atomic mass is 35.5. The van der Waals surface area contributed by atoms with Crippen LogP contribution in [0, 0.1) is 6.92 Å². The average molecular weight is 296 g/mol. The van der Waals surface area contributed by atoms with Crippen LogP contribution in [0.3, 0.4) is 0 Å². The first kappa shape index (κ1) is 15.3. The summed E-state index contributed by atoms with van der Waals surface area (Å²) >= 11 is 1.60. The first-order valence-corrected chi connectivity index (χ1v) is 6.44. The van der Waals surface area contributed by atoms with Gasteiger partial charge in [0.2, 0.25) is 6.54 Å². The number of nitrogens with zero attached hydrogens (tertiary/aromatic N) is 2. The van der Waals surface area contributed by atoms with Crippen LogP contribution in [0.15, 0.2) is 47.1 Å². The lowest BCUT2D eigenvalue weighted by atomic mass is 10.3. The number of rotatable bonds is 4. The summed E-state index contributed by atoms with van der Waals surface area (Å²) in [5.41, 5.74) is 3.68. The molecule has 0 saturated heterocycles. The molecule has 0 radical (unpaired) electrons. The molecule has 0 aliphatic carbocycles.